The molecule has 0 saturated heterocycles. The molecular formula is C65H71Cl3F3N5O17S. The number of esters is 1. The van der Waals surface area contributed by atoms with Gasteiger partial charge in [0.05, 0.1) is 58.2 Å². The van der Waals surface area contributed by atoms with E-state index >= 15 is 0 Å². The van der Waals surface area contributed by atoms with Crippen LogP contribution in [0.3, 0.4) is 0 Å². The zero-order valence-electron chi connectivity index (χ0n) is 53.0. The van der Waals surface area contributed by atoms with Gasteiger partial charge < -0.3 is 33.5 Å². The average Bonchev–Trinajstić information content (AvgIpc) is 0.794. The van der Waals surface area contributed by atoms with Crippen molar-refractivity contribution in [2.75, 3.05) is 49.4 Å². The van der Waals surface area contributed by atoms with Crippen LogP contribution in [0.4, 0.5) is 30.2 Å². The van der Waals surface area contributed by atoms with Crippen molar-refractivity contribution in [3.63, 3.8) is 0 Å². The van der Waals surface area contributed by atoms with Gasteiger partial charge in [-0.2, -0.15) is 13.2 Å². The molecule has 2 heterocycles. The minimum atomic E-state index is -4.84. The van der Waals surface area contributed by atoms with Crippen molar-refractivity contribution in [2.45, 2.75) is 114 Å². The van der Waals surface area contributed by atoms with E-state index in [1.165, 1.54) is 31.4 Å². The van der Waals surface area contributed by atoms with Crippen LogP contribution in [0.15, 0.2) is 124 Å². The number of ether oxygens (including phenoxy) is 5. The van der Waals surface area contributed by atoms with E-state index in [0.29, 0.717) is 57.6 Å². The topological polar surface area (TPSA) is 276 Å². The molecule has 8 rings (SSSR count). The van der Waals surface area contributed by atoms with Crippen molar-refractivity contribution in [1.29, 1.82) is 0 Å². The number of fused-ring (bicyclic) bond motifs is 1. The maximum Gasteiger partial charge on any atom is 0.431 e. The summed E-state index contributed by atoms with van der Waals surface area (Å²) in [6.07, 6.45) is -2.66. The lowest BCUT2D eigenvalue weighted by molar-refractivity contribution is -0.385. The normalized spacial score (nSPS) is 14.4. The predicted molar refractivity (Wildman–Crippen MR) is 347 cm³/mol. The number of methoxy groups -OCH3 is 2. The summed E-state index contributed by atoms with van der Waals surface area (Å²) in [7, 11) is 0.158. The Hall–Kier alpha value is -8.43. The van der Waals surface area contributed by atoms with Crippen molar-refractivity contribution in [1.82, 2.24) is 9.13 Å². The first kappa shape index (κ1) is 76.3. The number of sulfone groups is 1. The van der Waals surface area contributed by atoms with E-state index in [1.54, 1.807) is 23.8 Å². The molecule has 1 aliphatic carbocycles. The number of carbonyl (C=O) groups excluding carboxylic acids is 6. The summed E-state index contributed by atoms with van der Waals surface area (Å²) in [5.41, 5.74) is 0.962. The number of nitro groups is 1. The number of anilines is 2. The summed E-state index contributed by atoms with van der Waals surface area (Å²) < 4.78 is 90.1. The highest BCUT2D eigenvalue weighted by molar-refractivity contribution is 7.90. The monoisotopic (exact) mass is 1390 g/mol. The van der Waals surface area contributed by atoms with Crippen LogP contribution in [0, 0.1) is 23.0 Å². The minimum absolute atomic E-state index is 0.0223. The van der Waals surface area contributed by atoms with E-state index in [0.717, 1.165) is 72.4 Å². The number of benzene rings is 5. The number of hydrogen-bond acceptors (Lipinski definition) is 17. The molecule has 1 aromatic heterocycles. The molecule has 1 aliphatic heterocycles. The number of carbonyl (C=O) groups is 6. The first-order chi connectivity index (χ1) is 44.3. The third-order valence-corrected chi connectivity index (χ3v) is 16.4. The van der Waals surface area contributed by atoms with Gasteiger partial charge in [0.1, 0.15) is 48.0 Å². The van der Waals surface area contributed by atoms with Crippen molar-refractivity contribution >= 4 is 96.8 Å². The molecule has 6 aromatic rings. The Morgan fingerprint density at radius 3 is 2.07 bits per heavy atom. The SMILES string of the molecule is CC1COc2ccccc2N1C(=O)C(Cl)Cl.CCc1ccc(COc2ccc(-n3c(=O)cc(C(F)(F)F)n(C)c3=O)cc2)c(OC(C)C(=O)OC)c1.CCc1cccc(C)c1N(C(=O)CCl)C(C)COC.CS(=O)(=O)c1ccc(C(=O)C2C(=O)CCCC2=O)c([N+](=O)[O-])c1. The molecule has 29 heteroatoms. The number of para-hydroxylation sites is 3. The first-order valence-corrected chi connectivity index (χ1v) is 32.4. The van der Waals surface area contributed by atoms with Crippen LogP contribution >= 0.6 is 34.8 Å². The number of aromatic nitrogens is 2. The van der Waals surface area contributed by atoms with E-state index in [4.69, 9.17) is 58.5 Å². The fourth-order valence-electron chi connectivity index (χ4n) is 9.96. The average molecular weight is 1390 g/mol. The summed E-state index contributed by atoms with van der Waals surface area (Å²) in [6.45, 7) is 12.5. The minimum Gasteiger partial charge on any atom is -0.489 e. The molecule has 22 nitrogen and oxygen atoms in total. The number of ketones is 3. The largest absolute Gasteiger partial charge is 0.489 e. The number of alkyl halides is 6. The molecule has 0 radical (unpaired) electrons. The lowest BCUT2D eigenvalue weighted by Crippen LogP contribution is -2.47. The van der Waals surface area contributed by atoms with Crippen molar-refractivity contribution in [3.8, 4) is 22.9 Å². The number of Topliss-reactive ketones (excluding diaryl/α,β-unsaturated/α-hetero) is 3. The smallest absolute Gasteiger partial charge is 0.431 e. The summed E-state index contributed by atoms with van der Waals surface area (Å²) in [5, 5.41) is 11.1. The Balaban J connectivity index is 0.000000239. The zero-order chi connectivity index (χ0) is 70.1. The first-order valence-electron chi connectivity index (χ1n) is 29.1. The lowest BCUT2D eigenvalue weighted by atomic mass is 9.81. The van der Waals surface area contributed by atoms with Gasteiger partial charge in [0.25, 0.3) is 17.2 Å². The van der Waals surface area contributed by atoms with E-state index in [2.05, 4.69) is 13.0 Å². The highest BCUT2D eigenvalue weighted by atomic mass is 35.5. The van der Waals surface area contributed by atoms with Gasteiger partial charge in [0.15, 0.2) is 38.1 Å². The van der Waals surface area contributed by atoms with Gasteiger partial charge in [-0.3, -0.25) is 43.4 Å². The number of hydrogen-bond donors (Lipinski definition) is 0. The standard InChI is InChI=1S/C25H25F3N2O6.C15H22ClNO2.C14H13NO7S.C11H11Cl2NO2/c1-5-16-6-7-17(20(12-16)36-15(2)23(32)34-4)14-35-19-10-8-18(9-11-19)30-22(31)13-21(25(26,27)28)29(3)24(30)33;1-5-13-8-6-7-11(2)15(13)17(14(18)9-16)12(3)10-19-4;1-23(21,22)8-5-6-9(10(7-8)15(19)20)14(18)13-11(16)3-2-4-12(13)17;1-7-6-16-9-5-3-2-4-8(9)14(7)11(15)10(12)13/h6-13,15H,5,14H2,1-4H3;6-8,12H,5,9-10H2,1-4H3;5-7,13H,2-4H2,1H3;2-5,7,10H,6H2,1H3. The van der Waals surface area contributed by atoms with Crippen LogP contribution in [-0.2, 0) is 76.0 Å². The van der Waals surface area contributed by atoms with Crippen LogP contribution in [0.2, 0.25) is 0 Å². The molecule has 0 N–H and O–H groups in total. The Morgan fingerprint density at radius 1 is 0.862 bits per heavy atom. The second kappa shape index (κ2) is 34.1. The molecule has 506 valence electrons. The number of rotatable bonds is 19. The van der Waals surface area contributed by atoms with Gasteiger partial charge in [-0.25, -0.2) is 22.6 Å². The fraction of sp³-hybridized carbons (Fsp3) is 0.385. The molecule has 94 heavy (non-hydrogen) atoms. The predicted octanol–water partition coefficient (Wildman–Crippen LogP) is 10.5. The molecule has 3 unspecified atom stereocenters. The number of nitro benzene ring substituents is 1. The van der Waals surface area contributed by atoms with Gasteiger partial charge in [0, 0.05) is 51.0 Å². The maximum absolute atomic E-state index is 13.1. The summed E-state index contributed by atoms with van der Waals surface area (Å²) in [6, 6.07) is 27.8. The molecule has 0 bridgehead atoms. The van der Waals surface area contributed by atoms with E-state index in [-0.39, 0.29) is 59.8 Å². The highest BCUT2D eigenvalue weighted by Crippen LogP contribution is 2.36. The van der Waals surface area contributed by atoms with Crippen molar-refractivity contribution in [3.05, 3.63) is 174 Å². The van der Waals surface area contributed by atoms with E-state index < -0.39 is 89.3 Å². The van der Waals surface area contributed by atoms with Gasteiger partial charge in [-0.1, -0.05) is 79.5 Å². The summed E-state index contributed by atoms with van der Waals surface area (Å²) in [5.74, 6) is -3.04. The van der Waals surface area contributed by atoms with Crippen LogP contribution in [0.25, 0.3) is 5.69 Å². The van der Waals surface area contributed by atoms with Crippen molar-refractivity contribution < 1.29 is 79.0 Å². The van der Waals surface area contributed by atoms with Crippen LogP contribution in [0.5, 0.6) is 17.2 Å². The van der Waals surface area contributed by atoms with E-state index in [9.17, 15) is 70.1 Å². The van der Waals surface area contributed by atoms with Crippen LogP contribution in [0.1, 0.15) is 92.2 Å². The molecule has 5 aromatic carbocycles. The van der Waals surface area contributed by atoms with Gasteiger partial charge in [-0.15, -0.1) is 11.6 Å². The van der Waals surface area contributed by atoms with Crippen LogP contribution < -0.4 is 35.3 Å². The second-order valence-corrected chi connectivity index (χ2v) is 24.8. The zero-order valence-corrected chi connectivity index (χ0v) is 56.1. The van der Waals surface area contributed by atoms with Gasteiger partial charge in [0.2, 0.25) is 5.91 Å². The Morgan fingerprint density at radius 2 is 1.51 bits per heavy atom. The molecule has 3 atom stereocenters. The maximum atomic E-state index is 13.1. The molecular weight excluding hydrogens is 1320 g/mol. The Bertz CT molecular complexity index is 3980. The summed E-state index contributed by atoms with van der Waals surface area (Å²) >= 11 is 17.0. The molecule has 1 fully saturated rings. The lowest BCUT2D eigenvalue weighted by Gasteiger charge is -2.35. The number of nitrogens with zero attached hydrogens (tertiary/aromatic N) is 5. The Labute approximate surface area is 555 Å². The van der Waals surface area contributed by atoms with E-state index in [1.807, 2.05) is 82.3 Å². The number of halogens is 6. The molecule has 2 aliphatic rings. The third-order valence-electron chi connectivity index (χ3n) is 14.7. The van der Waals surface area contributed by atoms with Gasteiger partial charge in [-0.05, 0) is 118 Å². The quantitative estimate of drug-likeness (QED) is 0.0182. The number of aryl methyl sites for hydroxylation is 3. The number of amides is 2. The highest BCUT2D eigenvalue weighted by Gasteiger charge is 2.40. The molecule has 0 spiro atoms. The molecule has 2 amide bonds. The Kier molecular flexibility index (Phi) is 27.7. The second-order valence-electron chi connectivity index (χ2n) is 21.5. The van der Waals surface area contributed by atoms with Crippen LogP contribution in [-0.4, -0.2) is 120 Å². The summed E-state index contributed by atoms with van der Waals surface area (Å²) in [4.78, 5) is 109. The van der Waals surface area contributed by atoms with Crippen molar-refractivity contribution in [2.24, 2.45) is 13.0 Å². The third kappa shape index (κ3) is 19.4. The fourth-order valence-corrected chi connectivity index (χ4v) is 10.9. The molecule has 1 saturated carbocycles. The van der Waals surface area contributed by atoms with Gasteiger partial charge >= 0.3 is 17.8 Å².